The SMILES string of the molecule is COc1ccccc1CC(=O)NC(CC(N)=O)C(=O)O. The lowest BCUT2D eigenvalue weighted by atomic mass is 10.1. The third kappa shape index (κ3) is 4.60. The molecular weight excluding hydrogens is 264 g/mol. The van der Waals surface area contributed by atoms with Crippen molar-refractivity contribution in [1.82, 2.24) is 5.32 Å². The largest absolute Gasteiger partial charge is 0.496 e. The van der Waals surface area contributed by atoms with Gasteiger partial charge in [0.25, 0.3) is 0 Å². The van der Waals surface area contributed by atoms with E-state index >= 15 is 0 Å². The number of amides is 2. The molecule has 7 nitrogen and oxygen atoms in total. The van der Waals surface area contributed by atoms with Crippen LogP contribution in [0.3, 0.4) is 0 Å². The summed E-state index contributed by atoms with van der Waals surface area (Å²) in [7, 11) is 1.48. The number of ether oxygens (including phenoxy) is 1. The number of carbonyl (C=O) groups excluding carboxylic acids is 2. The van der Waals surface area contributed by atoms with Gasteiger partial charge in [-0.1, -0.05) is 18.2 Å². The Balaban J connectivity index is 2.70. The van der Waals surface area contributed by atoms with Crippen LogP contribution in [0.25, 0.3) is 0 Å². The number of benzene rings is 1. The predicted octanol–water partition coefficient (Wildman–Crippen LogP) is -0.317. The van der Waals surface area contributed by atoms with E-state index in [0.717, 1.165) is 0 Å². The molecule has 0 saturated carbocycles. The average Bonchev–Trinajstić information content (AvgIpc) is 2.37. The van der Waals surface area contributed by atoms with Crippen LogP contribution in [0.1, 0.15) is 12.0 Å². The molecule has 1 aromatic carbocycles. The summed E-state index contributed by atoms with van der Waals surface area (Å²) in [6, 6.07) is 5.56. The molecule has 1 aromatic rings. The molecule has 0 spiro atoms. The summed E-state index contributed by atoms with van der Waals surface area (Å²) in [5.74, 6) is -2.10. The molecule has 0 fully saturated rings. The first kappa shape index (κ1) is 15.5. The van der Waals surface area contributed by atoms with Crippen molar-refractivity contribution in [3.05, 3.63) is 29.8 Å². The molecule has 0 aliphatic rings. The van der Waals surface area contributed by atoms with Crippen molar-refractivity contribution >= 4 is 17.8 Å². The Morgan fingerprint density at radius 2 is 2.00 bits per heavy atom. The minimum absolute atomic E-state index is 0.0491. The zero-order valence-electron chi connectivity index (χ0n) is 11.0. The number of hydrogen-bond acceptors (Lipinski definition) is 4. The highest BCUT2D eigenvalue weighted by Crippen LogP contribution is 2.17. The monoisotopic (exact) mass is 280 g/mol. The van der Waals surface area contributed by atoms with Gasteiger partial charge in [0.1, 0.15) is 11.8 Å². The Morgan fingerprint density at radius 1 is 1.35 bits per heavy atom. The molecular formula is C13H16N2O5. The molecule has 0 aliphatic carbocycles. The van der Waals surface area contributed by atoms with Crippen LogP contribution in [0.5, 0.6) is 5.75 Å². The third-order valence-electron chi connectivity index (χ3n) is 2.58. The highest BCUT2D eigenvalue weighted by atomic mass is 16.5. The quantitative estimate of drug-likeness (QED) is 0.632. The van der Waals surface area contributed by atoms with E-state index in [4.69, 9.17) is 15.6 Å². The molecule has 0 heterocycles. The number of methoxy groups -OCH3 is 1. The van der Waals surface area contributed by atoms with Crippen molar-refractivity contribution in [2.24, 2.45) is 5.73 Å². The van der Waals surface area contributed by atoms with E-state index < -0.39 is 30.2 Å². The van der Waals surface area contributed by atoms with Crippen LogP contribution in [0.15, 0.2) is 24.3 Å². The first-order chi connectivity index (χ1) is 9.43. The van der Waals surface area contributed by atoms with Crippen molar-refractivity contribution in [3.63, 3.8) is 0 Å². The topological polar surface area (TPSA) is 119 Å². The van der Waals surface area contributed by atoms with Gasteiger partial charge in [0.05, 0.1) is 20.0 Å². The van der Waals surface area contributed by atoms with Gasteiger partial charge in [0.15, 0.2) is 0 Å². The summed E-state index contributed by atoms with van der Waals surface area (Å²) < 4.78 is 5.09. The highest BCUT2D eigenvalue weighted by Gasteiger charge is 2.22. The van der Waals surface area contributed by atoms with Crippen molar-refractivity contribution in [1.29, 1.82) is 0 Å². The number of carboxylic acid groups (broad SMARTS) is 1. The summed E-state index contributed by atoms with van der Waals surface area (Å²) in [6.07, 6.45) is -0.500. The minimum Gasteiger partial charge on any atom is -0.496 e. The molecule has 0 aliphatic heterocycles. The van der Waals surface area contributed by atoms with Crippen LogP contribution < -0.4 is 15.8 Å². The van der Waals surface area contributed by atoms with E-state index in [0.29, 0.717) is 11.3 Å². The van der Waals surface area contributed by atoms with Gasteiger partial charge < -0.3 is 20.9 Å². The van der Waals surface area contributed by atoms with E-state index in [1.807, 2.05) is 0 Å². The number of para-hydroxylation sites is 1. The fraction of sp³-hybridized carbons (Fsp3) is 0.308. The van der Waals surface area contributed by atoms with E-state index in [-0.39, 0.29) is 6.42 Å². The molecule has 1 atom stereocenters. The van der Waals surface area contributed by atoms with E-state index in [1.165, 1.54) is 7.11 Å². The number of carboxylic acids is 1. The first-order valence-corrected chi connectivity index (χ1v) is 5.86. The van der Waals surface area contributed by atoms with E-state index in [2.05, 4.69) is 5.32 Å². The molecule has 0 aromatic heterocycles. The Kier molecular flexibility index (Phi) is 5.52. The van der Waals surface area contributed by atoms with Crippen LogP contribution >= 0.6 is 0 Å². The lowest BCUT2D eigenvalue weighted by Gasteiger charge is -2.13. The Labute approximate surface area is 115 Å². The molecule has 4 N–H and O–H groups in total. The zero-order chi connectivity index (χ0) is 15.1. The number of rotatable bonds is 7. The third-order valence-corrected chi connectivity index (χ3v) is 2.58. The zero-order valence-corrected chi connectivity index (χ0v) is 11.0. The van der Waals surface area contributed by atoms with Crippen LogP contribution in [0.4, 0.5) is 0 Å². The van der Waals surface area contributed by atoms with Gasteiger partial charge in [-0.15, -0.1) is 0 Å². The Hall–Kier alpha value is -2.57. The standard InChI is InChI=1S/C13H16N2O5/c1-20-10-5-3-2-4-8(10)6-12(17)15-9(13(18)19)7-11(14)16/h2-5,9H,6-7H2,1H3,(H2,14,16)(H,15,17)(H,18,19). The minimum atomic E-state index is -1.32. The number of aliphatic carboxylic acids is 1. The van der Waals surface area contributed by atoms with Crippen molar-refractivity contribution in [3.8, 4) is 5.75 Å². The molecule has 0 saturated heterocycles. The summed E-state index contributed by atoms with van der Waals surface area (Å²) in [5, 5.41) is 11.1. The molecule has 7 heteroatoms. The normalized spacial score (nSPS) is 11.4. The Morgan fingerprint density at radius 3 is 2.55 bits per heavy atom. The van der Waals surface area contributed by atoms with Crippen molar-refractivity contribution in [2.75, 3.05) is 7.11 Å². The fourth-order valence-electron chi connectivity index (χ4n) is 1.67. The van der Waals surface area contributed by atoms with Gasteiger partial charge in [0.2, 0.25) is 11.8 Å². The number of carbonyl (C=O) groups is 3. The van der Waals surface area contributed by atoms with Gasteiger partial charge >= 0.3 is 5.97 Å². The summed E-state index contributed by atoms with van der Waals surface area (Å²) in [5.41, 5.74) is 5.55. The molecule has 1 rings (SSSR count). The Bertz CT molecular complexity index is 515. The lowest BCUT2D eigenvalue weighted by molar-refractivity contribution is -0.143. The molecule has 108 valence electrons. The molecule has 20 heavy (non-hydrogen) atoms. The molecule has 1 unspecified atom stereocenters. The van der Waals surface area contributed by atoms with E-state index in [9.17, 15) is 14.4 Å². The van der Waals surface area contributed by atoms with Crippen LogP contribution in [0, 0.1) is 0 Å². The number of nitrogens with one attached hydrogen (secondary N) is 1. The van der Waals surface area contributed by atoms with Gasteiger partial charge in [-0.2, -0.15) is 0 Å². The summed E-state index contributed by atoms with van der Waals surface area (Å²) >= 11 is 0. The predicted molar refractivity (Wildman–Crippen MR) is 70.1 cm³/mol. The first-order valence-electron chi connectivity index (χ1n) is 5.86. The van der Waals surface area contributed by atoms with Crippen LogP contribution in [0.2, 0.25) is 0 Å². The molecule has 0 radical (unpaired) electrons. The maximum atomic E-state index is 11.8. The van der Waals surface area contributed by atoms with Gasteiger partial charge in [0, 0.05) is 5.56 Å². The second-order valence-electron chi connectivity index (χ2n) is 4.12. The highest BCUT2D eigenvalue weighted by molar-refractivity contribution is 5.89. The fourth-order valence-corrected chi connectivity index (χ4v) is 1.67. The van der Waals surface area contributed by atoms with Gasteiger partial charge in [-0.3, -0.25) is 9.59 Å². The maximum absolute atomic E-state index is 11.8. The summed E-state index contributed by atoms with van der Waals surface area (Å²) in [4.78, 5) is 33.4. The van der Waals surface area contributed by atoms with Crippen molar-refractivity contribution in [2.45, 2.75) is 18.9 Å². The lowest BCUT2D eigenvalue weighted by Crippen LogP contribution is -2.43. The van der Waals surface area contributed by atoms with Crippen LogP contribution in [-0.4, -0.2) is 36.0 Å². The number of nitrogens with two attached hydrogens (primary N) is 1. The van der Waals surface area contributed by atoms with Gasteiger partial charge in [-0.05, 0) is 6.07 Å². The van der Waals surface area contributed by atoms with Crippen molar-refractivity contribution < 1.29 is 24.2 Å². The molecule has 0 bridgehead atoms. The van der Waals surface area contributed by atoms with Crippen LogP contribution in [-0.2, 0) is 20.8 Å². The number of hydrogen-bond donors (Lipinski definition) is 3. The average molecular weight is 280 g/mol. The summed E-state index contributed by atoms with van der Waals surface area (Å²) in [6.45, 7) is 0. The number of primary amides is 1. The smallest absolute Gasteiger partial charge is 0.326 e. The van der Waals surface area contributed by atoms with E-state index in [1.54, 1.807) is 24.3 Å². The second kappa shape index (κ2) is 7.13. The molecule has 2 amide bonds. The second-order valence-corrected chi connectivity index (χ2v) is 4.12. The maximum Gasteiger partial charge on any atom is 0.326 e. The van der Waals surface area contributed by atoms with Gasteiger partial charge in [-0.25, -0.2) is 4.79 Å².